The molecule has 7 nitrogen and oxygen atoms in total. The van der Waals surface area contributed by atoms with Crippen LogP contribution in [0.3, 0.4) is 0 Å². The van der Waals surface area contributed by atoms with Crippen molar-refractivity contribution in [3.63, 3.8) is 0 Å². The molecule has 0 saturated carbocycles. The Balaban J connectivity index is 1.69. The van der Waals surface area contributed by atoms with Gasteiger partial charge in [0.2, 0.25) is 0 Å². The summed E-state index contributed by atoms with van der Waals surface area (Å²) in [6.07, 6.45) is 3.61. The van der Waals surface area contributed by atoms with Gasteiger partial charge in [-0.25, -0.2) is 13.1 Å². The molecule has 1 saturated heterocycles. The Morgan fingerprint density at radius 2 is 1.81 bits per heavy atom. The topological polar surface area (TPSA) is 105 Å². The number of nitriles is 1. The highest BCUT2D eigenvalue weighted by atomic mass is 32.2. The maximum atomic E-state index is 12.6. The number of benzene rings is 2. The highest BCUT2D eigenvalue weighted by Gasteiger charge is 2.29. The second-order valence-corrected chi connectivity index (χ2v) is 9.55. The molecule has 4 rings (SSSR count). The first-order valence-electron chi connectivity index (χ1n) is 9.79. The summed E-state index contributed by atoms with van der Waals surface area (Å²) in [7, 11) is -3.13. The fourth-order valence-electron chi connectivity index (χ4n) is 3.50. The van der Waals surface area contributed by atoms with Crippen molar-refractivity contribution in [3.8, 4) is 23.0 Å². The number of nitrogens with zero attached hydrogens (tertiary/aromatic N) is 3. The third-order valence-electron chi connectivity index (χ3n) is 5.04. The number of hydrogen-bond acceptors (Lipinski definition) is 5. The van der Waals surface area contributed by atoms with E-state index in [0.29, 0.717) is 17.7 Å². The number of nitrogens with one attached hydrogen (secondary N) is 1. The molecule has 1 N–H and O–H groups in total. The van der Waals surface area contributed by atoms with E-state index in [4.69, 9.17) is 0 Å². The van der Waals surface area contributed by atoms with Crippen LogP contribution in [-0.4, -0.2) is 41.7 Å². The van der Waals surface area contributed by atoms with Gasteiger partial charge in [-0.15, -0.1) is 0 Å². The van der Waals surface area contributed by atoms with E-state index in [9.17, 15) is 18.5 Å². The van der Waals surface area contributed by atoms with Gasteiger partial charge in [-0.1, -0.05) is 48.5 Å². The minimum atomic E-state index is -3.13. The second-order valence-electron chi connectivity index (χ2n) is 7.32. The molecule has 0 unspecified atom stereocenters. The standard InChI is InChI=1S/C23H20N4O3S/c24-14-18(23(28)25-20-11-12-31(29,30)16-20)13-19-15-27(21-9-5-2-6-10-21)26-22(19)17-7-3-1-4-8-17/h1-10,13,15,20H,11-12,16H2,(H,25,28)/b18-13+/t20-/m0/s1. The lowest BCUT2D eigenvalue weighted by atomic mass is 10.1. The Labute approximate surface area is 180 Å². The summed E-state index contributed by atoms with van der Waals surface area (Å²) in [5, 5.41) is 16.9. The van der Waals surface area contributed by atoms with Gasteiger partial charge in [0, 0.05) is 23.4 Å². The summed E-state index contributed by atoms with van der Waals surface area (Å²) in [4.78, 5) is 12.6. The van der Waals surface area contributed by atoms with Crippen LogP contribution in [0.15, 0.2) is 72.4 Å². The molecule has 1 fully saturated rings. The van der Waals surface area contributed by atoms with Gasteiger partial charge >= 0.3 is 0 Å². The Bertz CT molecular complexity index is 1270. The first-order valence-corrected chi connectivity index (χ1v) is 11.6. The summed E-state index contributed by atoms with van der Waals surface area (Å²) >= 11 is 0. The van der Waals surface area contributed by atoms with E-state index in [1.54, 1.807) is 10.9 Å². The maximum absolute atomic E-state index is 12.6. The number of carbonyl (C=O) groups excluding carboxylic acids is 1. The molecule has 2 heterocycles. The molecule has 0 radical (unpaired) electrons. The van der Waals surface area contributed by atoms with Crippen LogP contribution in [0.2, 0.25) is 0 Å². The molecule has 1 aromatic heterocycles. The SMILES string of the molecule is N#C/C(=C\c1cn(-c2ccccc2)nc1-c1ccccc1)C(=O)N[C@H]1CCS(=O)(=O)C1. The Morgan fingerprint density at radius 3 is 2.42 bits per heavy atom. The molecule has 0 aliphatic carbocycles. The highest BCUT2D eigenvalue weighted by Crippen LogP contribution is 2.25. The average Bonchev–Trinajstić information content (AvgIpc) is 3.35. The second kappa shape index (κ2) is 8.58. The predicted molar refractivity (Wildman–Crippen MR) is 118 cm³/mol. The molecule has 1 amide bonds. The van der Waals surface area contributed by atoms with Crippen LogP contribution in [0.25, 0.3) is 23.0 Å². The molecule has 8 heteroatoms. The van der Waals surface area contributed by atoms with Crippen LogP contribution in [0.4, 0.5) is 0 Å². The molecular formula is C23H20N4O3S. The van der Waals surface area contributed by atoms with E-state index in [-0.39, 0.29) is 17.1 Å². The summed E-state index contributed by atoms with van der Waals surface area (Å²) < 4.78 is 25.0. The minimum absolute atomic E-state index is 0.0472. The third kappa shape index (κ3) is 4.73. The number of para-hydroxylation sites is 1. The smallest absolute Gasteiger partial charge is 0.262 e. The van der Waals surface area contributed by atoms with Crippen molar-refractivity contribution >= 4 is 21.8 Å². The van der Waals surface area contributed by atoms with Crippen molar-refractivity contribution in [1.82, 2.24) is 15.1 Å². The Morgan fingerprint density at radius 1 is 1.13 bits per heavy atom. The van der Waals surface area contributed by atoms with E-state index in [2.05, 4.69) is 10.4 Å². The van der Waals surface area contributed by atoms with Crippen LogP contribution in [0.5, 0.6) is 0 Å². The van der Waals surface area contributed by atoms with Gasteiger partial charge in [0.05, 0.1) is 22.9 Å². The minimum Gasteiger partial charge on any atom is -0.348 e. The normalized spacial score (nSPS) is 17.8. The van der Waals surface area contributed by atoms with Gasteiger partial charge in [-0.3, -0.25) is 4.79 Å². The third-order valence-corrected chi connectivity index (χ3v) is 6.81. The zero-order valence-electron chi connectivity index (χ0n) is 16.6. The molecule has 3 aromatic rings. The van der Waals surface area contributed by atoms with E-state index in [1.165, 1.54) is 6.08 Å². The fraction of sp³-hybridized carbons (Fsp3) is 0.174. The van der Waals surface area contributed by atoms with Crippen molar-refractivity contribution in [2.24, 2.45) is 0 Å². The molecule has 2 aromatic carbocycles. The number of hydrogen-bond donors (Lipinski definition) is 1. The molecule has 0 spiro atoms. The van der Waals surface area contributed by atoms with Gasteiger partial charge in [-0.05, 0) is 24.6 Å². The summed E-state index contributed by atoms with van der Waals surface area (Å²) in [6, 6.07) is 20.5. The number of amides is 1. The molecule has 1 aliphatic heterocycles. The van der Waals surface area contributed by atoms with Crippen molar-refractivity contribution in [3.05, 3.63) is 78.0 Å². The quantitative estimate of drug-likeness (QED) is 0.493. The van der Waals surface area contributed by atoms with Gasteiger partial charge in [0.15, 0.2) is 9.84 Å². The predicted octanol–water partition coefficient (Wildman–Crippen LogP) is 2.75. The van der Waals surface area contributed by atoms with Crippen LogP contribution in [0.1, 0.15) is 12.0 Å². The summed E-state index contributed by atoms with van der Waals surface area (Å²) in [6.45, 7) is 0. The Hall–Kier alpha value is -3.70. The monoisotopic (exact) mass is 432 g/mol. The molecule has 1 atom stereocenters. The van der Waals surface area contributed by atoms with Crippen LogP contribution in [-0.2, 0) is 14.6 Å². The van der Waals surface area contributed by atoms with Crippen molar-refractivity contribution in [1.29, 1.82) is 5.26 Å². The van der Waals surface area contributed by atoms with E-state index < -0.39 is 21.8 Å². The molecular weight excluding hydrogens is 412 g/mol. The summed E-state index contributed by atoms with van der Waals surface area (Å²) in [5.41, 5.74) is 2.84. The first-order chi connectivity index (χ1) is 14.9. The summed E-state index contributed by atoms with van der Waals surface area (Å²) in [5.74, 6) is -0.638. The largest absolute Gasteiger partial charge is 0.348 e. The lowest BCUT2D eigenvalue weighted by Gasteiger charge is -2.09. The number of carbonyl (C=O) groups is 1. The highest BCUT2D eigenvalue weighted by molar-refractivity contribution is 7.91. The van der Waals surface area contributed by atoms with E-state index in [1.807, 2.05) is 66.7 Å². The zero-order chi connectivity index (χ0) is 21.8. The molecule has 31 heavy (non-hydrogen) atoms. The van der Waals surface area contributed by atoms with E-state index in [0.717, 1.165) is 11.3 Å². The van der Waals surface area contributed by atoms with E-state index >= 15 is 0 Å². The van der Waals surface area contributed by atoms with Crippen molar-refractivity contribution in [2.45, 2.75) is 12.5 Å². The molecule has 1 aliphatic rings. The maximum Gasteiger partial charge on any atom is 0.262 e. The number of rotatable bonds is 5. The number of aromatic nitrogens is 2. The van der Waals surface area contributed by atoms with Crippen LogP contribution < -0.4 is 5.32 Å². The van der Waals surface area contributed by atoms with Crippen LogP contribution >= 0.6 is 0 Å². The average molecular weight is 433 g/mol. The lowest BCUT2D eigenvalue weighted by Crippen LogP contribution is -2.36. The first kappa shape index (κ1) is 20.6. The van der Waals surface area contributed by atoms with Gasteiger partial charge < -0.3 is 5.32 Å². The lowest BCUT2D eigenvalue weighted by molar-refractivity contribution is -0.117. The van der Waals surface area contributed by atoms with Crippen molar-refractivity contribution < 1.29 is 13.2 Å². The van der Waals surface area contributed by atoms with Crippen molar-refractivity contribution in [2.75, 3.05) is 11.5 Å². The number of sulfone groups is 1. The van der Waals surface area contributed by atoms with Gasteiger partial charge in [0.25, 0.3) is 5.91 Å². The zero-order valence-corrected chi connectivity index (χ0v) is 17.4. The fourth-order valence-corrected chi connectivity index (χ4v) is 5.18. The van der Waals surface area contributed by atoms with Gasteiger partial charge in [0.1, 0.15) is 11.6 Å². The van der Waals surface area contributed by atoms with Gasteiger partial charge in [-0.2, -0.15) is 10.4 Å². The van der Waals surface area contributed by atoms with Crippen LogP contribution in [0, 0.1) is 11.3 Å². The molecule has 156 valence electrons. The molecule has 0 bridgehead atoms. The Kier molecular flexibility index (Phi) is 5.69.